The first kappa shape index (κ1) is 24.6. The fourth-order valence-corrected chi connectivity index (χ4v) is 4.90. The molecule has 2 amide bonds. The fraction of sp³-hybridized carbons (Fsp3) is 0.423. The Morgan fingerprint density at radius 1 is 1.11 bits per heavy atom. The first-order valence-corrected chi connectivity index (χ1v) is 11.7. The summed E-state index contributed by atoms with van der Waals surface area (Å²) in [5, 5.41) is 11.9. The summed E-state index contributed by atoms with van der Waals surface area (Å²) in [7, 11) is 0. The van der Waals surface area contributed by atoms with E-state index in [9.17, 15) is 28.3 Å². The van der Waals surface area contributed by atoms with Crippen LogP contribution < -0.4 is 5.32 Å². The lowest BCUT2D eigenvalue weighted by Crippen LogP contribution is -2.54. The van der Waals surface area contributed by atoms with E-state index >= 15 is 0 Å². The van der Waals surface area contributed by atoms with Gasteiger partial charge in [0.05, 0.1) is 6.54 Å². The first-order chi connectivity index (χ1) is 16.6. The van der Waals surface area contributed by atoms with Gasteiger partial charge in [0.1, 0.15) is 18.7 Å². The van der Waals surface area contributed by atoms with Crippen molar-refractivity contribution >= 4 is 18.0 Å². The molecule has 2 aliphatic rings. The summed E-state index contributed by atoms with van der Waals surface area (Å²) in [5.74, 6) is -6.26. The molecule has 186 valence electrons. The topological polar surface area (TPSA) is 95.9 Å². The molecule has 0 spiro atoms. The van der Waals surface area contributed by atoms with Crippen LogP contribution in [0.1, 0.15) is 43.7 Å². The Morgan fingerprint density at radius 3 is 2.23 bits per heavy atom. The van der Waals surface area contributed by atoms with E-state index in [0.717, 1.165) is 22.3 Å². The number of carboxylic acid groups (broad SMARTS) is 1. The zero-order valence-electron chi connectivity index (χ0n) is 19.5. The van der Waals surface area contributed by atoms with Crippen LogP contribution in [-0.2, 0) is 14.3 Å². The second-order valence-electron chi connectivity index (χ2n) is 9.21. The van der Waals surface area contributed by atoms with Gasteiger partial charge in [0.25, 0.3) is 5.92 Å². The molecule has 2 N–H and O–H groups in total. The van der Waals surface area contributed by atoms with E-state index in [1.165, 1.54) is 0 Å². The van der Waals surface area contributed by atoms with Crippen molar-refractivity contribution in [3.8, 4) is 11.1 Å². The van der Waals surface area contributed by atoms with Crippen LogP contribution in [0.5, 0.6) is 0 Å². The fourth-order valence-electron chi connectivity index (χ4n) is 4.90. The Balaban J connectivity index is 1.47. The molecule has 1 fully saturated rings. The molecule has 1 aliphatic heterocycles. The molecule has 0 aromatic heterocycles. The Kier molecular flexibility index (Phi) is 6.78. The first-order valence-electron chi connectivity index (χ1n) is 11.7. The summed E-state index contributed by atoms with van der Waals surface area (Å²) in [4.78, 5) is 38.0. The number of alkyl carbamates (subject to hydrolysis) is 1. The summed E-state index contributed by atoms with van der Waals surface area (Å²) in [6.07, 6.45) is -1.35. The number of nitrogens with zero attached hydrogens (tertiary/aromatic N) is 1. The maximum Gasteiger partial charge on any atom is 0.407 e. The highest BCUT2D eigenvalue weighted by atomic mass is 19.3. The minimum atomic E-state index is -3.30. The molecular formula is C26H28F2N2O5. The Morgan fingerprint density at radius 2 is 1.69 bits per heavy atom. The Bertz CT molecular complexity index is 1090. The number of ether oxygens (including phenoxy) is 1. The van der Waals surface area contributed by atoms with Crippen molar-refractivity contribution in [1.29, 1.82) is 0 Å². The summed E-state index contributed by atoms with van der Waals surface area (Å²) in [5.41, 5.74) is 4.19. The third-order valence-electron chi connectivity index (χ3n) is 6.93. The molecule has 0 saturated carbocycles. The number of nitrogens with one attached hydrogen (secondary N) is 1. The standard InChI is InChI=1S/C26H28F2N2O5/c1-3-15(2)22(23(31)30-14-26(27,28)12-21(30)24(32)33)29-25(34)35-13-20-18-10-6-4-8-16(18)17-9-5-7-11-19(17)20/h4-11,15,20-22H,3,12-14H2,1-2H3,(H,29,34)(H,32,33). The number of amides is 2. The van der Waals surface area contributed by atoms with Gasteiger partial charge in [0, 0.05) is 12.3 Å². The predicted molar refractivity (Wildman–Crippen MR) is 124 cm³/mol. The molecule has 3 atom stereocenters. The Hall–Kier alpha value is -3.49. The highest BCUT2D eigenvalue weighted by molar-refractivity contribution is 5.90. The number of rotatable bonds is 7. The van der Waals surface area contributed by atoms with E-state index in [-0.39, 0.29) is 12.5 Å². The van der Waals surface area contributed by atoms with Crippen LogP contribution in [0.3, 0.4) is 0 Å². The molecule has 1 aliphatic carbocycles. The number of hydrogen-bond donors (Lipinski definition) is 2. The van der Waals surface area contributed by atoms with Gasteiger partial charge in [0.2, 0.25) is 5.91 Å². The van der Waals surface area contributed by atoms with Crippen molar-refractivity contribution in [2.24, 2.45) is 5.92 Å². The zero-order valence-corrected chi connectivity index (χ0v) is 19.5. The van der Waals surface area contributed by atoms with Gasteiger partial charge in [-0.3, -0.25) is 4.79 Å². The van der Waals surface area contributed by atoms with Crippen molar-refractivity contribution in [2.75, 3.05) is 13.2 Å². The van der Waals surface area contributed by atoms with Gasteiger partial charge in [-0.05, 0) is 28.2 Å². The average molecular weight is 487 g/mol. The van der Waals surface area contributed by atoms with Crippen LogP contribution in [0.2, 0.25) is 0 Å². The van der Waals surface area contributed by atoms with Crippen molar-refractivity contribution in [2.45, 2.75) is 50.6 Å². The summed E-state index contributed by atoms with van der Waals surface area (Å²) < 4.78 is 33.4. The molecule has 7 nitrogen and oxygen atoms in total. The van der Waals surface area contributed by atoms with E-state index in [1.54, 1.807) is 13.8 Å². The number of benzene rings is 2. The molecule has 1 saturated heterocycles. The molecule has 2 aromatic carbocycles. The second kappa shape index (κ2) is 9.64. The van der Waals surface area contributed by atoms with E-state index in [1.807, 2.05) is 48.5 Å². The lowest BCUT2D eigenvalue weighted by atomic mass is 9.97. The van der Waals surface area contributed by atoms with Crippen LogP contribution in [0, 0.1) is 5.92 Å². The molecule has 2 aromatic rings. The van der Waals surface area contributed by atoms with Crippen LogP contribution in [0.4, 0.5) is 13.6 Å². The smallest absolute Gasteiger partial charge is 0.407 e. The van der Waals surface area contributed by atoms with Crippen LogP contribution >= 0.6 is 0 Å². The van der Waals surface area contributed by atoms with Crippen molar-refractivity contribution in [1.82, 2.24) is 10.2 Å². The number of carboxylic acids is 1. The Labute approximate surface area is 202 Å². The minimum absolute atomic E-state index is 0.0286. The largest absolute Gasteiger partial charge is 0.480 e. The van der Waals surface area contributed by atoms with Crippen molar-refractivity contribution in [3.63, 3.8) is 0 Å². The number of aliphatic carboxylic acids is 1. The van der Waals surface area contributed by atoms with Crippen LogP contribution in [0.25, 0.3) is 11.1 Å². The van der Waals surface area contributed by atoms with Gasteiger partial charge in [-0.15, -0.1) is 0 Å². The van der Waals surface area contributed by atoms with Crippen LogP contribution in [-0.4, -0.2) is 59.1 Å². The zero-order chi connectivity index (χ0) is 25.3. The number of hydrogen-bond acceptors (Lipinski definition) is 4. The number of fused-ring (bicyclic) bond motifs is 3. The van der Waals surface area contributed by atoms with Gasteiger partial charge in [-0.1, -0.05) is 68.8 Å². The number of carbonyl (C=O) groups is 3. The summed E-state index contributed by atoms with van der Waals surface area (Å²) >= 11 is 0. The van der Waals surface area contributed by atoms with Gasteiger partial charge in [0.15, 0.2) is 0 Å². The molecular weight excluding hydrogens is 458 g/mol. The minimum Gasteiger partial charge on any atom is -0.480 e. The molecule has 9 heteroatoms. The molecule has 1 heterocycles. The van der Waals surface area contributed by atoms with E-state index in [4.69, 9.17) is 4.74 Å². The second-order valence-corrected chi connectivity index (χ2v) is 9.21. The number of carbonyl (C=O) groups excluding carboxylic acids is 2. The molecule has 0 bridgehead atoms. The highest BCUT2D eigenvalue weighted by Crippen LogP contribution is 2.44. The van der Waals surface area contributed by atoms with E-state index < -0.39 is 54.9 Å². The molecule has 4 rings (SSSR count). The number of alkyl halides is 2. The van der Waals surface area contributed by atoms with E-state index in [0.29, 0.717) is 11.3 Å². The van der Waals surface area contributed by atoms with Gasteiger partial charge in [-0.2, -0.15) is 0 Å². The van der Waals surface area contributed by atoms with Crippen molar-refractivity contribution in [3.05, 3.63) is 59.7 Å². The maximum absolute atomic E-state index is 13.9. The van der Waals surface area contributed by atoms with E-state index in [2.05, 4.69) is 5.32 Å². The predicted octanol–water partition coefficient (Wildman–Crippen LogP) is 4.26. The SMILES string of the molecule is CCC(C)C(NC(=O)OCC1c2ccccc2-c2ccccc21)C(=O)N1CC(F)(F)CC1C(=O)O. The number of likely N-dealkylation sites (tertiary alicyclic amines) is 1. The third kappa shape index (κ3) is 4.85. The summed E-state index contributed by atoms with van der Waals surface area (Å²) in [6, 6.07) is 12.9. The normalized spacial score (nSPS) is 20.0. The number of halogens is 2. The molecule has 3 unspecified atom stereocenters. The highest BCUT2D eigenvalue weighted by Gasteiger charge is 2.51. The van der Waals surface area contributed by atoms with Gasteiger partial charge >= 0.3 is 12.1 Å². The average Bonchev–Trinajstić information content (AvgIpc) is 3.34. The summed E-state index contributed by atoms with van der Waals surface area (Å²) in [6.45, 7) is 2.51. The quantitative estimate of drug-likeness (QED) is 0.610. The molecule has 35 heavy (non-hydrogen) atoms. The van der Waals surface area contributed by atoms with Crippen LogP contribution in [0.15, 0.2) is 48.5 Å². The lowest BCUT2D eigenvalue weighted by Gasteiger charge is -2.30. The molecule has 0 radical (unpaired) electrons. The third-order valence-corrected chi connectivity index (χ3v) is 6.93. The van der Waals surface area contributed by atoms with Gasteiger partial charge in [-0.25, -0.2) is 18.4 Å². The van der Waals surface area contributed by atoms with Crippen molar-refractivity contribution < 1.29 is 33.0 Å². The maximum atomic E-state index is 13.9. The lowest BCUT2D eigenvalue weighted by molar-refractivity contribution is -0.149. The van der Waals surface area contributed by atoms with Gasteiger partial charge < -0.3 is 20.1 Å². The monoisotopic (exact) mass is 486 g/mol.